The van der Waals surface area contributed by atoms with E-state index >= 15 is 0 Å². The molecule has 1 heterocycles. The Kier molecular flexibility index (Phi) is 6.03. The first-order chi connectivity index (χ1) is 16.6. The van der Waals surface area contributed by atoms with Crippen LogP contribution in [0, 0.1) is 17.0 Å². The molecule has 0 amide bonds. The lowest BCUT2D eigenvalue weighted by molar-refractivity contribution is -0.385. The predicted octanol–water partition coefficient (Wildman–Crippen LogP) is 4.42. The minimum absolute atomic E-state index is 0.158. The first kappa shape index (κ1) is 23.5. The van der Waals surface area contributed by atoms with Crippen molar-refractivity contribution in [3.05, 3.63) is 92.8 Å². The SMILES string of the molecule is Cc1cc(N=Nc2c(-c3ccccc3)[nH]n(-c3ccccc3S(=O)(=O)O)c2=O)c(O)c([N+](=O)[O-])c1. The number of aromatic nitrogens is 2. The Morgan fingerprint density at radius 3 is 2.34 bits per heavy atom. The van der Waals surface area contributed by atoms with Gasteiger partial charge in [0.2, 0.25) is 5.75 Å². The second kappa shape index (κ2) is 8.96. The van der Waals surface area contributed by atoms with E-state index in [2.05, 4.69) is 15.3 Å². The number of nitrogens with one attached hydrogen (secondary N) is 1. The number of hydrogen-bond donors (Lipinski definition) is 3. The Labute approximate surface area is 197 Å². The van der Waals surface area contributed by atoms with Gasteiger partial charge < -0.3 is 5.11 Å². The van der Waals surface area contributed by atoms with Crippen molar-refractivity contribution < 1.29 is 23.0 Å². The molecular weight excluding hydrogens is 478 g/mol. The second-order valence-electron chi connectivity index (χ2n) is 7.39. The fraction of sp³-hybridized carbons (Fsp3) is 0.0455. The number of nitrogens with zero attached hydrogens (tertiary/aromatic N) is 4. The number of benzene rings is 3. The molecule has 0 aliphatic rings. The highest BCUT2D eigenvalue weighted by atomic mass is 32.2. The molecule has 4 rings (SSSR count). The lowest BCUT2D eigenvalue weighted by Gasteiger charge is -2.06. The van der Waals surface area contributed by atoms with Gasteiger partial charge in [-0.15, -0.1) is 10.2 Å². The van der Waals surface area contributed by atoms with Crippen LogP contribution in [0.15, 0.2) is 86.6 Å². The molecule has 12 nitrogen and oxygen atoms in total. The van der Waals surface area contributed by atoms with E-state index in [1.54, 1.807) is 37.3 Å². The number of rotatable bonds is 6. The van der Waals surface area contributed by atoms with Crippen molar-refractivity contribution in [2.75, 3.05) is 0 Å². The second-order valence-corrected chi connectivity index (χ2v) is 8.78. The van der Waals surface area contributed by atoms with Gasteiger partial charge in [0.15, 0.2) is 5.69 Å². The van der Waals surface area contributed by atoms with E-state index in [0.717, 1.165) is 10.7 Å². The number of azo groups is 1. The number of para-hydroxylation sites is 1. The molecule has 0 bridgehead atoms. The summed E-state index contributed by atoms with van der Waals surface area (Å²) in [5.41, 5.74) is -0.951. The molecule has 0 radical (unpaired) electrons. The normalized spacial score (nSPS) is 11.7. The minimum atomic E-state index is -4.68. The Morgan fingerprint density at radius 2 is 1.69 bits per heavy atom. The van der Waals surface area contributed by atoms with Crippen molar-refractivity contribution in [2.45, 2.75) is 11.8 Å². The van der Waals surface area contributed by atoms with Crippen LogP contribution in [0.5, 0.6) is 5.75 Å². The topological polar surface area (TPSA) is 180 Å². The van der Waals surface area contributed by atoms with Crippen LogP contribution in [0.3, 0.4) is 0 Å². The maximum absolute atomic E-state index is 13.3. The molecule has 0 unspecified atom stereocenters. The minimum Gasteiger partial charge on any atom is -0.501 e. The van der Waals surface area contributed by atoms with E-state index in [1.807, 2.05) is 0 Å². The van der Waals surface area contributed by atoms with E-state index in [0.29, 0.717) is 11.1 Å². The molecule has 0 aliphatic carbocycles. The summed E-state index contributed by atoms with van der Waals surface area (Å²) in [6.45, 7) is 1.57. The molecule has 0 saturated heterocycles. The van der Waals surface area contributed by atoms with E-state index < -0.39 is 36.9 Å². The number of hydrogen-bond acceptors (Lipinski definition) is 8. The van der Waals surface area contributed by atoms with Gasteiger partial charge in [-0.25, -0.2) is 4.68 Å². The quantitative estimate of drug-likeness (QED) is 0.153. The van der Waals surface area contributed by atoms with Gasteiger partial charge in [-0.2, -0.15) is 8.42 Å². The summed E-state index contributed by atoms with van der Waals surface area (Å²) < 4.78 is 34.2. The molecular formula is C22H17N5O7S. The van der Waals surface area contributed by atoms with Crippen LogP contribution in [0.1, 0.15) is 5.56 Å². The summed E-state index contributed by atoms with van der Waals surface area (Å²) >= 11 is 0. The van der Waals surface area contributed by atoms with Crippen molar-refractivity contribution in [2.24, 2.45) is 10.2 Å². The molecule has 3 N–H and O–H groups in total. The lowest BCUT2D eigenvalue weighted by atomic mass is 10.1. The van der Waals surface area contributed by atoms with E-state index in [4.69, 9.17) is 0 Å². The molecule has 13 heteroatoms. The molecule has 3 aromatic carbocycles. The molecule has 4 aromatic rings. The zero-order valence-electron chi connectivity index (χ0n) is 18.0. The van der Waals surface area contributed by atoms with Crippen molar-refractivity contribution in [3.8, 4) is 22.7 Å². The fourth-order valence-electron chi connectivity index (χ4n) is 3.42. The van der Waals surface area contributed by atoms with Crippen LogP contribution in [0.2, 0.25) is 0 Å². The number of aromatic hydroxyl groups is 1. The highest BCUT2D eigenvalue weighted by Crippen LogP contribution is 2.38. The first-order valence-corrected chi connectivity index (χ1v) is 11.4. The fourth-order valence-corrected chi connectivity index (χ4v) is 4.09. The Morgan fingerprint density at radius 1 is 1.03 bits per heavy atom. The summed E-state index contributed by atoms with van der Waals surface area (Å²) in [7, 11) is -4.68. The van der Waals surface area contributed by atoms with Crippen molar-refractivity contribution in [1.29, 1.82) is 0 Å². The smallest absolute Gasteiger partial charge is 0.313 e. The molecule has 0 saturated carbocycles. The van der Waals surface area contributed by atoms with Gasteiger partial charge in [-0.3, -0.25) is 24.6 Å². The third kappa shape index (κ3) is 4.58. The monoisotopic (exact) mass is 495 g/mol. The van der Waals surface area contributed by atoms with Gasteiger partial charge in [-0.1, -0.05) is 42.5 Å². The van der Waals surface area contributed by atoms with Crippen molar-refractivity contribution in [3.63, 3.8) is 0 Å². The third-order valence-electron chi connectivity index (χ3n) is 4.98. The van der Waals surface area contributed by atoms with Gasteiger partial charge in [-0.05, 0) is 30.7 Å². The Hall–Kier alpha value is -4.62. The summed E-state index contributed by atoms with van der Waals surface area (Å²) in [6, 6.07) is 16.3. The predicted molar refractivity (Wildman–Crippen MR) is 125 cm³/mol. The number of aryl methyl sites for hydroxylation is 1. The van der Waals surface area contributed by atoms with E-state index in [-0.39, 0.29) is 22.8 Å². The average molecular weight is 495 g/mol. The Bertz CT molecular complexity index is 1640. The highest BCUT2D eigenvalue weighted by molar-refractivity contribution is 7.86. The van der Waals surface area contributed by atoms with Crippen LogP contribution < -0.4 is 5.56 Å². The zero-order valence-corrected chi connectivity index (χ0v) is 18.8. The lowest BCUT2D eigenvalue weighted by Crippen LogP contribution is -2.17. The molecule has 35 heavy (non-hydrogen) atoms. The molecule has 0 aliphatic heterocycles. The average Bonchev–Trinajstić information content (AvgIpc) is 3.15. The molecule has 0 atom stereocenters. The third-order valence-corrected chi connectivity index (χ3v) is 5.88. The first-order valence-electron chi connectivity index (χ1n) is 9.95. The summed E-state index contributed by atoms with van der Waals surface area (Å²) in [4.78, 5) is 23.2. The van der Waals surface area contributed by atoms with Crippen molar-refractivity contribution in [1.82, 2.24) is 9.78 Å². The largest absolute Gasteiger partial charge is 0.501 e. The van der Waals surface area contributed by atoms with Gasteiger partial charge in [0.05, 0.1) is 16.3 Å². The van der Waals surface area contributed by atoms with E-state index in [9.17, 15) is 33.0 Å². The van der Waals surface area contributed by atoms with Crippen LogP contribution in [0.25, 0.3) is 16.9 Å². The number of phenols is 1. The van der Waals surface area contributed by atoms with Crippen LogP contribution in [-0.4, -0.2) is 32.8 Å². The number of nitro benzene ring substituents is 1. The van der Waals surface area contributed by atoms with Crippen molar-refractivity contribution >= 4 is 27.2 Å². The zero-order chi connectivity index (χ0) is 25.3. The van der Waals surface area contributed by atoms with Crippen LogP contribution in [-0.2, 0) is 10.1 Å². The van der Waals surface area contributed by atoms with E-state index in [1.165, 1.54) is 30.3 Å². The van der Waals surface area contributed by atoms with Gasteiger partial charge >= 0.3 is 5.69 Å². The maximum atomic E-state index is 13.3. The Balaban J connectivity index is 1.95. The number of H-pyrrole nitrogens is 1. The number of aromatic amines is 1. The molecule has 178 valence electrons. The number of nitro groups is 1. The van der Waals surface area contributed by atoms with Gasteiger partial charge in [0.25, 0.3) is 15.7 Å². The maximum Gasteiger partial charge on any atom is 0.313 e. The van der Waals surface area contributed by atoms with Gasteiger partial charge in [0.1, 0.15) is 10.6 Å². The molecule has 0 spiro atoms. The summed E-state index contributed by atoms with van der Waals surface area (Å²) in [5, 5.41) is 32.1. The summed E-state index contributed by atoms with van der Waals surface area (Å²) in [5.74, 6) is -0.724. The highest BCUT2D eigenvalue weighted by Gasteiger charge is 2.23. The van der Waals surface area contributed by atoms with Crippen LogP contribution >= 0.6 is 0 Å². The standard InChI is InChI=1S/C22H17N5O7S/c1-13-11-15(21(28)17(12-13)27(30)31)23-24-20-19(14-7-3-2-4-8-14)25-26(22(20)29)16-9-5-6-10-18(16)35(32,33)34/h2-12,25,28H,1H3,(H,32,33,34). The van der Waals surface area contributed by atoms with Crippen LogP contribution in [0.4, 0.5) is 17.1 Å². The van der Waals surface area contributed by atoms with Gasteiger partial charge in [0, 0.05) is 11.6 Å². The number of phenolic OH excluding ortho intramolecular Hbond substituents is 1. The molecule has 1 aromatic heterocycles. The molecule has 0 fully saturated rings. The summed E-state index contributed by atoms with van der Waals surface area (Å²) in [6.07, 6.45) is 0.